The molecule has 1 N–H and O–H groups in total. The number of carboxylic acid groups (broad SMARTS) is 1. The van der Waals surface area contributed by atoms with Crippen LogP contribution in [0.25, 0.3) is 11.1 Å². The van der Waals surface area contributed by atoms with E-state index in [0.29, 0.717) is 47.6 Å². The molecule has 7 heteroatoms. The van der Waals surface area contributed by atoms with Crippen molar-refractivity contribution in [2.24, 2.45) is 0 Å². The Morgan fingerprint density at radius 2 is 1.89 bits per heavy atom. The fourth-order valence-electron chi connectivity index (χ4n) is 3.72. The number of carbonyl (C=O) groups excluding carboxylic acids is 1. The predicted octanol–water partition coefficient (Wildman–Crippen LogP) is 4.41. The number of nitrogens with zero attached hydrogens (tertiary/aromatic N) is 2. The number of rotatable bonds is 2. The smallest absolute Gasteiger partial charge is 0.407 e. The monoisotopic (exact) mass is 400 g/mol. The average Bonchev–Trinajstić information content (AvgIpc) is 2.68. The van der Waals surface area contributed by atoms with Crippen LogP contribution >= 0.6 is 11.6 Å². The largest absolute Gasteiger partial charge is 0.465 e. The molecule has 2 amide bonds. The number of carbonyl (C=O) groups is 2. The maximum absolute atomic E-state index is 14.3. The highest BCUT2D eigenvalue weighted by Crippen LogP contribution is 2.31. The van der Waals surface area contributed by atoms with Crippen molar-refractivity contribution in [1.82, 2.24) is 9.80 Å². The minimum absolute atomic E-state index is 0.132. The third-order valence-corrected chi connectivity index (χ3v) is 5.47. The summed E-state index contributed by atoms with van der Waals surface area (Å²) >= 11 is 5.83. The summed E-state index contributed by atoms with van der Waals surface area (Å²) in [5.74, 6) is -0.566. The van der Waals surface area contributed by atoms with Crippen LogP contribution in [0.1, 0.15) is 22.3 Å². The molecule has 2 aromatic rings. The Morgan fingerprint density at radius 3 is 2.57 bits per heavy atom. The van der Waals surface area contributed by atoms with Crippen LogP contribution in [0.3, 0.4) is 0 Å². The number of halogens is 2. The van der Waals surface area contributed by atoms with E-state index in [4.69, 9.17) is 16.7 Å². The zero-order chi connectivity index (χ0) is 19.8. The average molecular weight is 401 g/mol. The molecular weight excluding hydrogens is 383 g/mol. The molecule has 0 unspecified atom stereocenters. The van der Waals surface area contributed by atoms with Crippen molar-refractivity contribution >= 4 is 23.6 Å². The Labute approximate surface area is 166 Å². The van der Waals surface area contributed by atoms with Gasteiger partial charge in [-0.1, -0.05) is 23.7 Å². The lowest BCUT2D eigenvalue weighted by Crippen LogP contribution is -2.41. The molecule has 0 aliphatic carbocycles. The van der Waals surface area contributed by atoms with Gasteiger partial charge in [0, 0.05) is 47.9 Å². The van der Waals surface area contributed by atoms with E-state index >= 15 is 0 Å². The molecule has 0 saturated carbocycles. The van der Waals surface area contributed by atoms with Crippen LogP contribution in [0, 0.1) is 5.82 Å². The molecule has 0 atom stereocenters. The van der Waals surface area contributed by atoms with Crippen LogP contribution in [0.4, 0.5) is 9.18 Å². The Hall–Kier alpha value is -2.86. The van der Waals surface area contributed by atoms with Gasteiger partial charge < -0.3 is 14.9 Å². The summed E-state index contributed by atoms with van der Waals surface area (Å²) in [6, 6.07) is 9.89. The first-order chi connectivity index (χ1) is 13.4. The van der Waals surface area contributed by atoms with Gasteiger partial charge in [-0.15, -0.1) is 0 Å². The third kappa shape index (κ3) is 3.36. The number of hydrogen-bond donors (Lipinski definition) is 1. The molecule has 144 valence electrons. The van der Waals surface area contributed by atoms with E-state index in [9.17, 15) is 14.0 Å². The maximum atomic E-state index is 14.3. The van der Waals surface area contributed by atoms with Crippen molar-refractivity contribution < 1.29 is 19.1 Å². The van der Waals surface area contributed by atoms with Gasteiger partial charge in [0.1, 0.15) is 5.82 Å². The molecule has 0 radical (unpaired) electrons. The normalized spacial score (nSPS) is 16.6. The second kappa shape index (κ2) is 7.28. The molecule has 2 aliphatic rings. The molecule has 0 spiro atoms. The molecule has 0 aromatic heterocycles. The van der Waals surface area contributed by atoms with Crippen molar-refractivity contribution in [2.45, 2.75) is 12.8 Å². The lowest BCUT2D eigenvalue weighted by atomic mass is 9.93. The van der Waals surface area contributed by atoms with E-state index in [1.807, 2.05) is 12.1 Å². The Balaban J connectivity index is 1.63. The van der Waals surface area contributed by atoms with Gasteiger partial charge in [0.05, 0.1) is 0 Å². The third-order valence-electron chi connectivity index (χ3n) is 5.23. The van der Waals surface area contributed by atoms with Crippen LogP contribution in [0.5, 0.6) is 0 Å². The number of benzene rings is 2. The van der Waals surface area contributed by atoms with E-state index in [0.717, 1.165) is 11.3 Å². The highest BCUT2D eigenvalue weighted by atomic mass is 35.5. The topological polar surface area (TPSA) is 60.9 Å². The second-order valence-electron chi connectivity index (χ2n) is 6.88. The van der Waals surface area contributed by atoms with Crippen molar-refractivity contribution in [3.8, 4) is 11.1 Å². The predicted molar refractivity (Wildman–Crippen MR) is 104 cm³/mol. The van der Waals surface area contributed by atoms with Crippen molar-refractivity contribution in [2.75, 3.05) is 19.6 Å². The Morgan fingerprint density at radius 1 is 1.07 bits per heavy atom. The van der Waals surface area contributed by atoms with Crippen molar-refractivity contribution in [3.05, 3.63) is 70.1 Å². The summed E-state index contributed by atoms with van der Waals surface area (Å²) in [5.41, 5.74) is 3.35. The molecule has 4 rings (SSSR count). The minimum atomic E-state index is -0.958. The minimum Gasteiger partial charge on any atom is -0.465 e. The molecule has 5 nitrogen and oxygen atoms in total. The lowest BCUT2D eigenvalue weighted by molar-refractivity contribution is 0.0779. The van der Waals surface area contributed by atoms with Crippen LogP contribution in [0.2, 0.25) is 5.02 Å². The quantitative estimate of drug-likeness (QED) is 0.812. The van der Waals surface area contributed by atoms with Gasteiger partial charge in [0.2, 0.25) is 0 Å². The van der Waals surface area contributed by atoms with Crippen LogP contribution in [0.15, 0.2) is 48.2 Å². The summed E-state index contributed by atoms with van der Waals surface area (Å²) in [6.45, 7) is 1.20. The van der Waals surface area contributed by atoms with E-state index in [1.165, 1.54) is 11.0 Å². The fourth-order valence-corrected chi connectivity index (χ4v) is 3.87. The van der Waals surface area contributed by atoms with Crippen molar-refractivity contribution in [3.63, 3.8) is 0 Å². The van der Waals surface area contributed by atoms with Gasteiger partial charge in [-0.2, -0.15) is 0 Å². The maximum Gasteiger partial charge on any atom is 0.407 e. The molecule has 2 aromatic carbocycles. The lowest BCUT2D eigenvalue weighted by Gasteiger charge is -2.34. The molecular formula is C21H18ClFN2O3. The number of fused-ring (bicyclic) bond motifs is 1. The molecule has 0 bridgehead atoms. The summed E-state index contributed by atoms with van der Waals surface area (Å²) in [5, 5.41) is 9.39. The molecule has 0 saturated heterocycles. The van der Waals surface area contributed by atoms with Crippen LogP contribution in [-0.4, -0.2) is 46.5 Å². The van der Waals surface area contributed by atoms with Crippen molar-refractivity contribution in [1.29, 1.82) is 0 Å². The molecule has 2 aliphatic heterocycles. The fraction of sp³-hybridized carbons (Fsp3) is 0.238. The first-order valence-electron chi connectivity index (χ1n) is 9.01. The van der Waals surface area contributed by atoms with Gasteiger partial charge >= 0.3 is 6.09 Å². The van der Waals surface area contributed by atoms with Gasteiger partial charge in [-0.05, 0) is 47.9 Å². The number of amides is 2. The van der Waals surface area contributed by atoms with E-state index < -0.39 is 11.9 Å². The van der Waals surface area contributed by atoms with E-state index in [2.05, 4.69) is 0 Å². The molecule has 2 heterocycles. The SMILES string of the molecule is O=C(O)N1CC=C(N2CCc3ccc(-c4ccc(Cl)cc4F)cc3C2=O)CC1. The molecule has 28 heavy (non-hydrogen) atoms. The first kappa shape index (κ1) is 18.5. The summed E-state index contributed by atoms with van der Waals surface area (Å²) in [7, 11) is 0. The summed E-state index contributed by atoms with van der Waals surface area (Å²) in [6.07, 6.45) is 2.03. The van der Waals surface area contributed by atoms with Crippen LogP contribution in [-0.2, 0) is 6.42 Å². The zero-order valence-corrected chi connectivity index (χ0v) is 15.7. The van der Waals surface area contributed by atoms with Gasteiger partial charge in [-0.3, -0.25) is 4.79 Å². The Bertz CT molecular complexity index is 1010. The highest BCUT2D eigenvalue weighted by molar-refractivity contribution is 6.30. The standard InChI is InChI=1S/C21H18ClFN2O3/c22-15-3-4-17(19(23)12-15)14-2-1-13-5-10-25(20(26)18(13)11-14)16-6-8-24(9-7-16)21(27)28/h1-4,6,11-12H,5,7-10H2,(H,27,28). The summed E-state index contributed by atoms with van der Waals surface area (Å²) in [4.78, 5) is 27.2. The highest BCUT2D eigenvalue weighted by Gasteiger charge is 2.29. The summed E-state index contributed by atoms with van der Waals surface area (Å²) < 4.78 is 14.3. The second-order valence-corrected chi connectivity index (χ2v) is 7.31. The first-order valence-corrected chi connectivity index (χ1v) is 9.39. The van der Waals surface area contributed by atoms with E-state index in [1.54, 1.807) is 29.2 Å². The number of hydrogen-bond acceptors (Lipinski definition) is 2. The Kier molecular flexibility index (Phi) is 4.81. The molecule has 0 fully saturated rings. The van der Waals surface area contributed by atoms with Crippen LogP contribution < -0.4 is 0 Å². The van der Waals surface area contributed by atoms with Gasteiger partial charge in [-0.25, -0.2) is 9.18 Å². The zero-order valence-electron chi connectivity index (χ0n) is 15.0. The van der Waals surface area contributed by atoms with Gasteiger partial charge in [0.25, 0.3) is 5.91 Å². The van der Waals surface area contributed by atoms with Gasteiger partial charge in [0.15, 0.2) is 0 Å². The van der Waals surface area contributed by atoms with E-state index in [-0.39, 0.29) is 12.5 Å².